The fourth-order valence-electron chi connectivity index (χ4n) is 2.10. The lowest BCUT2D eigenvalue weighted by atomic mass is 10.1. The number of hydrogen-bond acceptors (Lipinski definition) is 3. The van der Waals surface area contributed by atoms with Crippen molar-refractivity contribution in [3.8, 4) is 5.75 Å². The lowest BCUT2D eigenvalue weighted by molar-refractivity contribution is -0.120. The normalized spacial score (nSPS) is 10.1. The first-order valence-corrected chi connectivity index (χ1v) is 7.89. The molecule has 0 saturated carbocycles. The second kappa shape index (κ2) is 8.93. The maximum absolute atomic E-state index is 11.9. The van der Waals surface area contributed by atoms with Crippen LogP contribution in [0.25, 0.3) is 0 Å². The van der Waals surface area contributed by atoms with Crippen molar-refractivity contribution in [3.63, 3.8) is 0 Å². The minimum Gasteiger partial charge on any atom is -0.497 e. The maximum atomic E-state index is 11.9. The van der Waals surface area contributed by atoms with Crippen LogP contribution in [0.4, 0.5) is 0 Å². The van der Waals surface area contributed by atoms with Gasteiger partial charge in [0.1, 0.15) is 5.75 Å². The summed E-state index contributed by atoms with van der Waals surface area (Å²) in [6, 6.07) is 14.1. The van der Waals surface area contributed by atoms with Crippen molar-refractivity contribution in [2.24, 2.45) is 0 Å². The van der Waals surface area contributed by atoms with E-state index >= 15 is 0 Å². The van der Waals surface area contributed by atoms with Gasteiger partial charge in [0.25, 0.3) is 5.91 Å². The number of ether oxygens (including phenoxy) is 1. The van der Waals surface area contributed by atoms with E-state index in [1.165, 1.54) is 0 Å². The van der Waals surface area contributed by atoms with Crippen molar-refractivity contribution in [3.05, 3.63) is 64.7 Å². The molecule has 6 heteroatoms. The van der Waals surface area contributed by atoms with Crippen LogP contribution in [0.1, 0.15) is 15.9 Å². The topological polar surface area (TPSA) is 67.4 Å². The zero-order valence-corrected chi connectivity index (χ0v) is 14.1. The van der Waals surface area contributed by atoms with E-state index in [1.807, 2.05) is 24.3 Å². The quantitative estimate of drug-likeness (QED) is 0.809. The van der Waals surface area contributed by atoms with Crippen molar-refractivity contribution in [2.75, 3.05) is 20.2 Å². The fraction of sp³-hybridized carbons (Fsp3) is 0.222. The van der Waals surface area contributed by atoms with Crippen molar-refractivity contribution in [1.29, 1.82) is 0 Å². The minimum absolute atomic E-state index is 0.0699. The molecule has 0 aliphatic rings. The highest BCUT2D eigenvalue weighted by Gasteiger charge is 2.07. The van der Waals surface area contributed by atoms with E-state index in [0.717, 1.165) is 11.3 Å². The number of carbonyl (C=O) groups is 2. The number of amides is 2. The third-order valence-corrected chi connectivity index (χ3v) is 3.64. The summed E-state index contributed by atoms with van der Waals surface area (Å²) in [5.41, 5.74) is 1.53. The van der Waals surface area contributed by atoms with Gasteiger partial charge in [-0.1, -0.05) is 23.7 Å². The lowest BCUT2D eigenvalue weighted by Crippen LogP contribution is -2.37. The Hall–Kier alpha value is -2.53. The summed E-state index contributed by atoms with van der Waals surface area (Å²) in [5.74, 6) is 0.240. The number of carbonyl (C=O) groups excluding carboxylic acids is 2. The Morgan fingerprint density at radius 3 is 2.54 bits per heavy atom. The van der Waals surface area contributed by atoms with Gasteiger partial charge >= 0.3 is 0 Å². The van der Waals surface area contributed by atoms with Crippen LogP contribution >= 0.6 is 11.6 Å². The van der Waals surface area contributed by atoms with E-state index in [9.17, 15) is 9.59 Å². The largest absolute Gasteiger partial charge is 0.497 e. The third-order valence-electron chi connectivity index (χ3n) is 3.39. The van der Waals surface area contributed by atoms with Crippen LogP contribution in [-0.4, -0.2) is 32.0 Å². The predicted octanol–water partition coefficient (Wildman–Crippen LogP) is 2.44. The van der Waals surface area contributed by atoms with Crippen LogP contribution in [0.15, 0.2) is 48.5 Å². The summed E-state index contributed by atoms with van der Waals surface area (Å²) < 4.78 is 5.15. The average Bonchev–Trinajstić information content (AvgIpc) is 2.60. The summed E-state index contributed by atoms with van der Waals surface area (Å²) in [6.45, 7) is 0.419. The van der Waals surface area contributed by atoms with Gasteiger partial charge in [-0.25, -0.2) is 0 Å². The van der Waals surface area contributed by atoms with Crippen LogP contribution in [-0.2, 0) is 11.2 Å². The zero-order chi connectivity index (χ0) is 17.4. The van der Waals surface area contributed by atoms with Crippen molar-refractivity contribution >= 4 is 23.4 Å². The molecule has 0 radical (unpaired) electrons. The maximum Gasteiger partial charge on any atom is 0.251 e. The van der Waals surface area contributed by atoms with Crippen LogP contribution in [0, 0.1) is 0 Å². The molecule has 0 aromatic heterocycles. The number of hydrogen-bond donors (Lipinski definition) is 2. The van der Waals surface area contributed by atoms with Crippen LogP contribution in [0.2, 0.25) is 5.02 Å². The SMILES string of the molecule is COc1cccc(CCNC(=O)CNC(=O)c2ccc(Cl)cc2)c1. The van der Waals surface area contributed by atoms with Gasteiger partial charge in [-0.3, -0.25) is 9.59 Å². The van der Waals surface area contributed by atoms with Gasteiger partial charge in [-0.2, -0.15) is 0 Å². The van der Waals surface area contributed by atoms with Gasteiger partial charge in [-0.05, 0) is 48.4 Å². The summed E-state index contributed by atoms with van der Waals surface area (Å²) in [4.78, 5) is 23.7. The Morgan fingerprint density at radius 2 is 1.83 bits per heavy atom. The van der Waals surface area contributed by atoms with E-state index in [1.54, 1.807) is 31.4 Å². The van der Waals surface area contributed by atoms with E-state index < -0.39 is 0 Å². The number of nitrogens with one attached hydrogen (secondary N) is 2. The van der Waals surface area contributed by atoms with Crippen molar-refractivity contribution in [1.82, 2.24) is 10.6 Å². The Balaban J connectivity index is 1.71. The van der Waals surface area contributed by atoms with Gasteiger partial charge in [0.15, 0.2) is 0 Å². The highest BCUT2D eigenvalue weighted by molar-refractivity contribution is 6.30. The van der Waals surface area contributed by atoms with E-state index in [-0.39, 0.29) is 18.4 Å². The Kier molecular flexibility index (Phi) is 6.63. The second-order valence-electron chi connectivity index (χ2n) is 5.14. The molecule has 0 heterocycles. The highest BCUT2D eigenvalue weighted by Crippen LogP contribution is 2.12. The molecule has 2 rings (SSSR count). The number of rotatable bonds is 7. The summed E-state index contributed by atoms with van der Waals surface area (Å²) in [5, 5.41) is 5.90. The Labute approximate surface area is 146 Å². The van der Waals surface area contributed by atoms with Gasteiger partial charge < -0.3 is 15.4 Å². The minimum atomic E-state index is -0.311. The molecule has 0 bridgehead atoms. The Morgan fingerprint density at radius 1 is 1.08 bits per heavy atom. The molecule has 2 aromatic carbocycles. The van der Waals surface area contributed by atoms with E-state index in [0.29, 0.717) is 23.6 Å². The van der Waals surface area contributed by atoms with Gasteiger partial charge in [0, 0.05) is 17.1 Å². The molecule has 5 nitrogen and oxygen atoms in total. The Bertz CT molecular complexity index is 702. The molecule has 0 atom stereocenters. The molecule has 0 aliphatic carbocycles. The molecule has 0 saturated heterocycles. The van der Waals surface area contributed by atoms with Crippen LogP contribution in [0.5, 0.6) is 5.75 Å². The smallest absolute Gasteiger partial charge is 0.251 e. The zero-order valence-electron chi connectivity index (χ0n) is 13.3. The van der Waals surface area contributed by atoms with E-state index in [4.69, 9.17) is 16.3 Å². The van der Waals surface area contributed by atoms with Gasteiger partial charge in [-0.15, -0.1) is 0 Å². The molecule has 0 spiro atoms. The van der Waals surface area contributed by atoms with E-state index in [2.05, 4.69) is 10.6 Å². The first-order chi connectivity index (χ1) is 11.6. The first-order valence-electron chi connectivity index (χ1n) is 7.52. The average molecular weight is 347 g/mol. The van der Waals surface area contributed by atoms with Gasteiger partial charge in [0.2, 0.25) is 5.91 Å². The predicted molar refractivity (Wildman–Crippen MR) is 93.5 cm³/mol. The van der Waals surface area contributed by atoms with Crippen LogP contribution < -0.4 is 15.4 Å². The van der Waals surface area contributed by atoms with Crippen molar-refractivity contribution in [2.45, 2.75) is 6.42 Å². The third kappa shape index (κ3) is 5.59. The molecular formula is C18H19ClN2O3. The summed E-state index contributed by atoms with van der Waals surface area (Å²) in [6.07, 6.45) is 0.689. The summed E-state index contributed by atoms with van der Waals surface area (Å²) >= 11 is 5.77. The number of methoxy groups -OCH3 is 1. The fourth-order valence-corrected chi connectivity index (χ4v) is 2.23. The van der Waals surface area contributed by atoms with Gasteiger partial charge in [0.05, 0.1) is 13.7 Å². The highest BCUT2D eigenvalue weighted by atomic mass is 35.5. The molecule has 0 unspecified atom stereocenters. The van der Waals surface area contributed by atoms with Crippen molar-refractivity contribution < 1.29 is 14.3 Å². The first kappa shape index (κ1) is 17.8. The molecular weight excluding hydrogens is 328 g/mol. The molecule has 24 heavy (non-hydrogen) atoms. The molecule has 126 valence electrons. The monoisotopic (exact) mass is 346 g/mol. The lowest BCUT2D eigenvalue weighted by Gasteiger charge is -2.08. The molecule has 2 amide bonds. The molecule has 2 aromatic rings. The number of halogens is 1. The second-order valence-corrected chi connectivity index (χ2v) is 5.58. The molecule has 0 aliphatic heterocycles. The number of benzene rings is 2. The summed E-state index contributed by atoms with van der Waals surface area (Å²) in [7, 11) is 1.62. The van der Waals surface area contributed by atoms with Crippen LogP contribution in [0.3, 0.4) is 0 Å². The molecule has 2 N–H and O–H groups in total. The molecule has 0 fully saturated rings. The standard InChI is InChI=1S/C18H19ClN2O3/c1-24-16-4-2-3-13(11-16)9-10-20-17(22)12-21-18(23)14-5-7-15(19)8-6-14/h2-8,11H,9-10,12H2,1H3,(H,20,22)(H,21,23).